The number of H-pyrrole nitrogens is 1. The third-order valence-electron chi connectivity index (χ3n) is 3.23. The molecule has 2 aromatic heterocycles. The minimum atomic E-state index is 0.275. The lowest BCUT2D eigenvalue weighted by Gasteiger charge is -2.13. The van der Waals surface area contributed by atoms with Gasteiger partial charge in [-0.2, -0.15) is 0 Å². The predicted molar refractivity (Wildman–Crippen MR) is 79.5 cm³/mol. The zero-order chi connectivity index (χ0) is 14.0. The number of nitrogens with one attached hydrogen (secondary N) is 1. The highest BCUT2D eigenvalue weighted by Gasteiger charge is 2.16. The number of anilines is 1. The van der Waals surface area contributed by atoms with Crippen molar-refractivity contribution in [2.24, 2.45) is 11.7 Å². The second-order valence-corrected chi connectivity index (χ2v) is 5.62. The van der Waals surface area contributed by atoms with Gasteiger partial charge in [-0.15, -0.1) is 0 Å². The average molecular weight is 261 g/mol. The van der Waals surface area contributed by atoms with Crippen molar-refractivity contribution in [3.8, 4) is 0 Å². The highest BCUT2D eigenvalue weighted by Crippen LogP contribution is 2.23. The van der Waals surface area contributed by atoms with Crippen molar-refractivity contribution in [3.63, 3.8) is 0 Å². The summed E-state index contributed by atoms with van der Waals surface area (Å²) in [4.78, 5) is 14.5. The molecule has 0 aliphatic rings. The minimum absolute atomic E-state index is 0.275. The molecule has 0 spiro atoms. The molecular formula is C14H23N5. The fraction of sp³-hybridized carbons (Fsp3) is 0.571. The van der Waals surface area contributed by atoms with Gasteiger partial charge in [0.2, 0.25) is 0 Å². The van der Waals surface area contributed by atoms with Gasteiger partial charge in [0.05, 0.1) is 5.52 Å². The van der Waals surface area contributed by atoms with Gasteiger partial charge in [-0.25, -0.2) is 9.97 Å². The molecular weight excluding hydrogens is 238 g/mol. The van der Waals surface area contributed by atoms with Crippen LogP contribution in [-0.2, 0) is 0 Å². The molecule has 0 saturated carbocycles. The van der Waals surface area contributed by atoms with Crippen LogP contribution < -0.4 is 10.6 Å². The predicted octanol–water partition coefficient (Wildman–Crippen LogP) is 2.11. The maximum atomic E-state index is 5.86. The number of nitrogens with two attached hydrogens (primary N) is 1. The normalized spacial score (nSPS) is 13.2. The number of hydrogen-bond acceptors (Lipinski definition) is 4. The summed E-state index contributed by atoms with van der Waals surface area (Å²) in [7, 11) is 3.95. The average Bonchev–Trinajstić information content (AvgIpc) is 2.77. The fourth-order valence-corrected chi connectivity index (χ4v) is 2.23. The molecule has 1 atom stereocenters. The summed E-state index contributed by atoms with van der Waals surface area (Å²) in [6.07, 6.45) is 1.04. The number of aromatic amines is 1. The Bertz CT molecular complexity index is 544. The van der Waals surface area contributed by atoms with E-state index in [4.69, 9.17) is 5.73 Å². The largest absolute Gasteiger partial charge is 0.363 e. The Labute approximate surface area is 114 Å². The molecule has 0 aliphatic heterocycles. The molecule has 0 fully saturated rings. The second kappa shape index (κ2) is 5.57. The maximum Gasteiger partial charge on any atom is 0.179 e. The van der Waals surface area contributed by atoms with Crippen LogP contribution in [0.5, 0.6) is 0 Å². The second-order valence-electron chi connectivity index (χ2n) is 5.62. The van der Waals surface area contributed by atoms with E-state index in [0.29, 0.717) is 12.5 Å². The van der Waals surface area contributed by atoms with Gasteiger partial charge >= 0.3 is 0 Å². The minimum Gasteiger partial charge on any atom is -0.363 e. The first-order chi connectivity index (χ1) is 9.01. The van der Waals surface area contributed by atoms with E-state index in [0.717, 1.165) is 29.2 Å². The van der Waals surface area contributed by atoms with Gasteiger partial charge < -0.3 is 15.6 Å². The topological polar surface area (TPSA) is 70.8 Å². The molecule has 19 heavy (non-hydrogen) atoms. The molecule has 104 valence electrons. The summed E-state index contributed by atoms with van der Waals surface area (Å²) >= 11 is 0. The first-order valence-corrected chi connectivity index (χ1v) is 6.75. The summed E-state index contributed by atoms with van der Waals surface area (Å²) in [5, 5.41) is 0. The van der Waals surface area contributed by atoms with Crippen LogP contribution in [0, 0.1) is 5.92 Å². The number of hydrogen-bond donors (Lipinski definition) is 2. The van der Waals surface area contributed by atoms with Crippen LogP contribution >= 0.6 is 0 Å². The molecule has 2 heterocycles. The van der Waals surface area contributed by atoms with Crippen molar-refractivity contribution < 1.29 is 0 Å². The number of imidazole rings is 1. The van der Waals surface area contributed by atoms with E-state index in [1.54, 1.807) is 0 Å². The van der Waals surface area contributed by atoms with Gasteiger partial charge in [0, 0.05) is 26.6 Å². The van der Waals surface area contributed by atoms with Crippen LogP contribution in [0.4, 0.5) is 5.82 Å². The fourth-order valence-electron chi connectivity index (χ4n) is 2.23. The van der Waals surface area contributed by atoms with Crippen molar-refractivity contribution in [2.45, 2.75) is 26.2 Å². The molecule has 0 aromatic carbocycles. The first kappa shape index (κ1) is 13.8. The van der Waals surface area contributed by atoms with Crippen LogP contribution in [-0.4, -0.2) is 35.6 Å². The van der Waals surface area contributed by atoms with Crippen LogP contribution in [0.15, 0.2) is 12.1 Å². The maximum absolute atomic E-state index is 5.86. The van der Waals surface area contributed by atoms with Crippen LogP contribution in [0.2, 0.25) is 0 Å². The lowest BCUT2D eigenvalue weighted by atomic mass is 9.97. The molecule has 5 heteroatoms. The van der Waals surface area contributed by atoms with E-state index in [9.17, 15) is 0 Å². The number of rotatable bonds is 5. The van der Waals surface area contributed by atoms with Crippen LogP contribution in [0.1, 0.15) is 32.0 Å². The Kier molecular flexibility index (Phi) is 4.04. The molecule has 5 nitrogen and oxygen atoms in total. The van der Waals surface area contributed by atoms with E-state index < -0.39 is 0 Å². The Morgan fingerprint density at radius 1 is 1.26 bits per heavy atom. The number of fused-ring (bicyclic) bond motifs is 1. The molecule has 0 amide bonds. The summed E-state index contributed by atoms with van der Waals surface area (Å²) in [5.41, 5.74) is 7.61. The Balaban J connectivity index is 2.34. The van der Waals surface area contributed by atoms with Crippen molar-refractivity contribution >= 4 is 17.0 Å². The van der Waals surface area contributed by atoms with Crippen LogP contribution in [0.3, 0.4) is 0 Å². The molecule has 3 N–H and O–H groups in total. The summed E-state index contributed by atoms with van der Waals surface area (Å²) in [5.74, 6) is 2.75. The molecule has 2 rings (SSSR count). The van der Waals surface area contributed by atoms with Gasteiger partial charge in [0.15, 0.2) is 5.65 Å². The van der Waals surface area contributed by atoms with E-state index in [2.05, 4.69) is 28.8 Å². The molecule has 0 radical (unpaired) electrons. The van der Waals surface area contributed by atoms with Gasteiger partial charge in [0.25, 0.3) is 0 Å². The van der Waals surface area contributed by atoms with Crippen molar-refractivity contribution in [3.05, 3.63) is 18.0 Å². The number of aromatic nitrogens is 3. The summed E-state index contributed by atoms with van der Waals surface area (Å²) in [6, 6.07) is 4.02. The molecule has 0 bridgehead atoms. The molecule has 2 aromatic rings. The van der Waals surface area contributed by atoms with E-state index in [-0.39, 0.29) is 5.92 Å². The van der Waals surface area contributed by atoms with Crippen molar-refractivity contribution in [1.82, 2.24) is 15.0 Å². The third-order valence-corrected chi connectivity index (χ3v) is 3.23. The molecule has 1 unspecified atom stereocenters. The Morgan fingerprint density at radius 3 is 2.58 bits per heavy atom. The van der Waals surface area contributed by atoms with Gasteiger partial charge in [-0.05, 0) is 24.5 Å². The smallest absolute Gasteiger partial charge is 0.179 e. The highest BCUT2D eigenvalue weighted by atomic mass is 15.1. The lowest BCUT2D eigenvalue weighted by molar-refractivity contribution is 0.491. The van der Waals surface area contributed by atoms with E-state index in [1.807, 2.05) is 31.1 Å². The first-order valence-electron chi connectivity index (χ1n) is 6.75. The van der Waals surface area contributed by atoms with E-state index in [1.165, 1.54) is 0 Å². The van der Waals surface area contributed by atoms with Crippen molar-refractivity contribution in [2.75, 3.05) is 25.5 Å². The Morgan fingerprint density at radius 2 is 2.00 bits per heavy atom. The zero-order valence-corrected chi connectivity index (χ0v) is 12.1. The lowest BCUT2D eigenvalue weighted by Crippen LogP contribution is -2.15. The van der Waals surface area contributed by atoms with Crippen LogP contribution in [0.25, 0.3) is 11.2 Å². The van der Waals surface area contributed by atoms with Gasteiger partial charge in [0.1, 0.15) is 11.6 Å². The molecule has 0 saturated heterocycles. The van der Waals surface area contributed by atoms with Gasteiger partial charge in [-0.3, -0.25) is 0 Å². The SMILES string of the molecule is CC(C)CC(CN)c1nc2nc(N(C)C)ccc2[nH]1. The highest BCUT2D eigenvalue weighted by molar-refractivity contribution is 5.73. The quantitative estimate of drug-likeness (QED) is 0.864. The third kappa shape index (κ3) is 3.04. The van der Waals surface area contributed by atoms with E-state index >= 15 is 0 Å². The number of pyridine rings is 1. The molecule has 0 aliphatic carbocycles. The van der Waals surface area contributed by atoms with Gasteiger partial charge in [-0.1, -0.05) is 13.8 Å². The summed E-state index contributed by atoms with van der Waals surface area (Å²) < 4.78 is 0. The zero-order valence-electron chi connectivity index (χ0n) is 12.1. The summed E-state index contributed by atoms with van der Waals surface area (Å²) in [6.45, 7) is 5.01. The van der Waals surface area contributed by atoms with Crippen molar-refractivity contribution in [1.29, 1.82) is 0 Å². The Hall–Kier alpha value is -1.62. The monoisotopic (exact) mass is 261 g/mol. The standard InChI is InChI=1S/C14H23N5/c1-9(2)7-10(8-15)13-16-11-5-6-12(19(3)4)17-14(11)18-13/h5-6,9-10H,7-8,15H2,1-4H3,(H,16,17,18). The number of nitrogens with zero attached hydrogens (tertiary/aromatic N) is 3.